The fraction of sp³-hybridized carbons (Fsp3) is 0.333. The molecular weight excluding hydrogens is 412 g/mol. The minimum Gasteiger partial charge on any atom is -0.350 e. The molecule has 2 aromatic rings. The molecule has 1 saturated carbocycles. The number of H-pyrrole nitrogens is 1. The van der Waals surface area contributed by atoms with Gasteiger partial charge < -0.3 is 10.3 Å². The number of hydrogen-bond donors (Lipinski definition) is 2. The molecule has 2 heterocycles. The number of sulfone groups is 1. The van der Waals surface area contributed by atoms with Crippen LogP contribution in [0.3, 0.4) is 0 Å². The van der Waals surface area contributed by atoms with Crippen molar-refractivity contribution in [2.24, 2.45) is 0 Å². The third-order valence-corrected chi connectivity index (χ3v) is 8.02. The number of aryl methyl sites for hydroxylation is 1. The lowest BCUT2D eigenvalue weighted by Gasteiger charge is -2.14. The molecule has 1 saturated heterocycles. The largest absolute Gasteiger partial charge is 0.350 e. The Balaban J connectivity index is 1.79. The molecule has 0 spiro atoms. The van der Waals surface area contributed by atoms with Crippen molar-refractivity contribution >= 4 is 32.9 Å². The zero-order valence-electron chi connectivity index (χ0n) is 15.9. The number of aromatic amines is 1. The van der Waals surface area contributed by atoms with Crippen LogP contribution in [-0.2, 0) is 14.6 Å². The van der Waals surface area contributed by atoms with Gasteiger partial charge in [-0.1, -0.05) is 29.8 Å². The fourth-order valence-corrected chi connectivity index (χ4v) is 5.60. The number of pyridine rings is 1. The van der Waals surface area contributed by atoms with Crippen LogP contribution >= 0.6 is 11.6 Å². The van der Waals surface area contributed by atoms with Gasteiger partial charge in [0, 0.05) is 23.7 Å². The highest BCUT2D eigenvalue weighted by Crippen LogP contribution is 2.36. The summed E-state index contributed by atoms with van der Waals surface area (Å²) < 4.78 is 25.3. The second-order valence-corrected chi connectivity index (χ2v) is 10.2. The zero-order valence-corrected chi connectivity index (χ0v) is 17.4. The maximum absolute atomic E-state index is 12.6. The minimum atomic E-state index is -3.30. The molecule has 2 aliphatic rings. The van der Waals surface area contributed by atoms with E-state index in [2.05, 4.69) is 10.3 Å². The van der Waals surface area contributed by atoms with E-state index in [1.165, 1.54) is 6.07 Å². The average molecular weight is 433 g/mol. The first-order valence-electron chi connectivity index (χ1n) is 9.51. The molecule has 6 nitrogen and oxygen atoms in total. The van der Waals surface area contributed by atoms with Gasteiger partial charge in [0.1, 0.15) is 5.02 Å². The molecule has 152 valence electrons. The van der Waals surface area contributed by atoms with Gasteiger partial charge in [-0.2, -0.15) is 0 Å². The lowest BCUT2D eigenvalue weighted by Crippen LogP contribution is -2.23. The van der Waals surface area contributed by atoms with Crippen LogP contribution in [0.5, 0.6) is 0 Å². The van der Waals surface area contributed by atoms with Crippen molar-refractivity contribution in [1.29, 1.82) is 0 Å². The molecule has 1 aromatic heterocycles. The van der Waals surface area contributed by atoms with E-state index < -0.39 is 15.4 Å². The summed E-state index contributed by atoms with van der Waals surface area (Å²) in [6.45, 7) is 1.78. The summed E-state index contributed by atoms with van der Waals surface area (Å²) >= 11 is 5.87. The Hall–Kier alpha value is -2.38. The van der Waals surface area contributed by atoms with E-state index in [4.69, 9.17) is 11.6 Å². The van der Waals surface area contributed by atoms with Gasteiger partial charge in [0.05, 0.1) is 10.1 Å². The Morgan fingerprint density at radius 2 is 1.90 bits per heavy atom. The maximum atomic E-state index is 12.6. The average Bonchev–Trinajstić information content (AvgIpc) is 3.45. The van der Waals surface area contributed by atoms with Crippen LogP contribution in [0.1, 0.15) is 42.5 Å². The molecular formula is C21H21ClN2O4S. The highest BCUT2D eigenvalue weighted by Gasteiger charge is 2.37. The molecule has 1 aliphatic carbocycles. The first-order chi connectivity index (χ1) is 13.8. The highest BCUT2D eigenvalue weighted by molar-refractivity contribution is 7.92. The predicted molar refractivity (Wildman–Crippen MR) is 112 cm³/mol. The molecule has 1 amide bonds. The second-order valence-electron chi connectivity index (χ2n) is 7.57. The second kappa shape index (κ2) is 7.46. The van der Waals surface area contributed by atoms with Crippen LogP contribution in [0.4, 0.5) is 0 Å². The first kappa shape index (κ1) is 19.9. The summed E-state index contributed by atoms with van der Waals surface area (Å²) in [5.74, 6) is -0.0164. The Morgan fingerprint density at radius 1 is 1.14 bits per heavy atom. The Labute approximate surface area is 173 Å². The van der Waals surface area contributed by atoms with Crippen molar-refractivity contribution in [3.63, 3.8) is 0 Å². The molecule has 2 N–H and O–H groups in total. The number of hydrogen-bond acceptors (Lipinski definition) is 4. The van der Waals surface area contributed by atoms with Crippen LogP contribution in [-0.4, -0.2) is 30.6 Å². The van der Waals surface area contributed by atoms with E-state index >= 15 is 0 Å². The number of rotatable bonds is 5. The molecule has 0 unspecified atom stereocenters. The molecule has 1 aliphatic heterocycles. The lowest BCUT2D eigenvalue weighted by atomic mass is 9.97. The van der Waals surface area contributed by atoms with Gasteiger partial charge in [0.2, 0.25) is 5.91 Å². The van der Waals surface area contributed by atoms with Gasteiger partial charge in [-0.15, -0.1) is 0 Å². The van der Waals surface area contributed by atoms with Crippen molar-refractivity contribution in [2.45, 2.75) is 48.8 Å². The number of amides is 1. The summed E-state index contributed by atoms with van der Waals surface area (Å²) in [6.07, 6.45) is 4.43. The first-order valence-corrected chi connectivity index (χ1v) is 11.4. The fourth-order valence-electron chi connectivity index (χ4n) is 3.61. The van der Waals surface area contributed by atoms with Gasteiger partial charge >= 0.3 is 0 Å². The third kappa shape index (κ3) is 4.02. The van der Waals surface area contributed by atoms with E-state index in [0.29, 0.717) is 47.4 Å². The van der Waals surface area contributed by atoms with Crippen LogP contribution in [0, 0.1) is 6.92 Å². The smallest absolute Gasteiger partial charge is 0.267 e. The molecule has 1 atom stereocenters. The van der Waals surface area contributed by atoms with Crippen molar-refractivity contribution in [3.8, 4) is 0 Å². The van der Waals surface area contributed by atoms with Gasteiger partial charge in [0.15, 0.2) is 9.84 Å². The zero-order chi connectivity index (χ0) is 20.8. The van der Waals surface area contributed by atoms with Gasteiger partial charge in [-0.05, 0) is 55.5 Å². The van der Waals surface area contributed by atoms with Crippen LogP contribution in [0.25, 0.3) is 5.57 Å². The van der Waals surface area contributed by atoms with Crippen LogP contribution in [0.2, 0.25) is 5.02 Å². The number of halogens is 1. The van der Waals surface area contributed by atoms with Gasteiger partial charge in [-0.3, -0.25) is 9.59 Å². The van der Waals surface area contributed by atoms with Gasteiger partial charge in [-0.25, -0.2) is 8.42 Å². The molecule has 4 rings (SSSR count). The topological polar surface area (TPSA) is 96.1 Å². The van der Waals surface area contributed by atoms with Crippen molar-refractivity contribution in [2.75, 3.05) is 0 Å². The van der Waals surface area contributed by atoms with Crippen molar-refractivity contribution in [3.05, 3.63) is 68.6 Å². The van der Waals surface area contributed by atoms with Crippen molar-refractivity contribution in [1.82, 2.24) is 10.3 Å². The van der Waals surface area contributed by atoms with E-state index in [0.717, 1.165) is 5.56 Å². The van der Waals surface area contributed by atoms with E-state index in [-0.39, 0.29) is 22.2 Å². The van der Waals surface area contributed by atoms with E-state index in [9.17, 15) is 18.0 Å². The Kier molecular flexibility index (Phi) is 5.12. The summed E-state index contributed by atoms with van der Waals surface area (Å²) in [6, 6.07) is 8.26. The van der Waals surface area contributed by atoms with Gasteiger partial charge in [0.25, 0.3) is 5.56 Å². The normalized spacial score (nSPS) is 20.0. The number of aromatic nitrogens is 1. The minimum absolute atomic E-state index is 0.0164. The summed E-state index contributed by atoms with van der Waals surface area (Å²) in [4.78, 5) is 26.8. The Bertz CT molecular complexity index is 1180. The third-order valence-electron chi connectivity index (χ3n) is 5.30. The number of carbonyl (C=O) groups excluding carboxylic acids is 1. The van der Waals surface area contributed by atoms with E-state index in [1.54, 1.807) is 25.1 Å². The standard InChI is InChI=1S/C21H21ClN2O4S/c1-12-10-13(2-8-19(12)29(27,28)15-4-5-15)16(11-14-3-9-20(25)23-14)18-7-6-17(22)21(26)24-18/h2,6-8,10-11,14-15H,3-5,9H2,1H3,(H,23,25)(H,24,26)/b16-11+/t14-/m1/s1. The lowest BCUT2D eigenvalue weighted by molar-refractivity contribution is -0.119. The molecule has 0 radical (unpaired) electrons. The molecule has 29 heavy (non-hydrogen) atoms. The SMILES string of the molecule is Cc1cc(/C(=C\[C@H]2CCC(=O)N2)c2ccc(Cl)c(=O)[nH]2)ccc1S(=O)(=O)C1CC1. The quantitative estimate of drug-likeness (QED) is 0.759. The number of carbonyl (C=O) groups is 1. The Morgan fingerprint density at radius 3 is 2.48 bits per heavy atom. The monoisotopic (exact) mass is 432 g/mol. The number of nitrogens with one attached hydrogen (secondary N) is 2. The van der Waals surface area contributed by atoms with Crippen molar-refractivity contribution < 1.29 is 13.2 Å². The van der Waals surface area contributed by atoms with Crippen LogP contribution in [0.15, 0.2) is 46.1 Å². The molecule has 0 bridgehead atoms. The maximum Gasteiger partial charge on any atom is 0.267 e. The number of benzene rings is 1. The highest BCUT2D eigenvalue weighted by atomic mass is 35.5. The predicted octanol–water partition coefficient (Wildman–Crippen LogP) is 2.98. The summed E-state index contributed by atoms with van der Waals surface area (Å²) in [5.41, 5.74) is 2.28. The van der Waals surface area contributed by atoms with E-state index in [1.807, 2.05) is 12.1 Å². The summed E-state index contributed by atoms with van der Waals surface area (Å²) in [7, 11) is -3.30. The molecule has 1 aromatic carbocycles. The van der Waals surface area contributed by atoms with Crippen LogP contribution < -0.4 is 10.9 Å². The summed E-state index contributed by atoms with van der Waals surface area (Å²) in [5, 5.41) is 2.71. The molecule has 2 fully saturated rings. The molecule has 8 heteroatoms.